The molecule has 0 aliphatic rings. The minimum absolute atomic E-state index is 0. The van der Waals surface area contributed by atoms with Crippen LogP contribution >= 0.6 is 0 Å². The zero-order valence-corrected chi connectivity index (χ0v) is 52.2. The number of aliphatic imine (C=N–C) groups is 1. The number of unbranched alkanes of at least 4 members (excludes halogenated alkanes) is 25. The molecule has 0 aliphatic carbocycles. The van der Waals surface area contributed by atoms with Gasteiger partial charge < -0.3 is 44.1 Å². The maximum absolute atomic E-state index is 11.4. The summed E-state index contributed by atoms with van der Waals surface area (Å²) in [6.45, 7) is 26.0. The quantitative estimate of drug-likeness (QED) is 0.0212. The first-order valence-corrected chi connectivity index (χ1v) is 29.3. The molecule has 9 nitrogen and oxygen atoms in total. The summed E-state index contributed by atoms with van der Waals surface area (Å²) in [7, 11) is 3.71. The SMILES string of the molecule is CC.CC.CC.CC(=O)C(=NCCCN(CCCCCCCC=O)CCCCCCCC=O)NC=O.CCCCCCCCC(CC)OC.CCCCCCCCC(CCCCCCCC)OC.[CH3-].[CH3-].[V+2]. The summed E-state index contributed by atoms with van der Waals surface area (Å²) in [5.74, 6) is -0.106. The summed E-state index contributed by atoms with van der Waals surface area (Å²) in [4.78, 5) is 49.3. The van der Waals surface area contributed by atoms with Crippen LogP contribution in [0.25, 0.3) is 0 Å². The van der Waals surface area contributed by atoms with Crippen LogP contribution in [0.3, 0.4) is 0 Å². The number of carbonyl (C=O) groups is 4. The van der Waals surface area contributed by atoms with Gasteiger partial charge in [-0.25, -0.2) is 0 Å². The molecule has 0 fully saturated rings. The van der Waals surface area contributed by atoms with Crippen LogP contribution in [0.15, 0.2) is 4.99 Å². The fourth-order valence-corrected chi connectivity index (χ4v) is 7.65. The number of hydrogen-bond donors (Lipinski definition) is 1. The molecule has 0 rings (SSSR count). The number of amides is 1. The van der Waals surface area contributed by atoms with Gasteiger partial charge in [-0.05, 0) is 77.4 Å². The number of Topliss-reactive ketones (excluding diaryl/α,β-unsaturated/α-hetero) is 1. The van der Waals surface area contributed by atoms with Gasteiger partial charge in [0.1, 0.15) is 12.6 Å². The number of nitrogens with one attached hydrogen (secondary N) is 1. The summed E-state index contributed by atoms with van der Waals surface area (Å²) in [6.07, 6.45) is 46.8. The number of ketones is 1. The minimum atomic E-state index is -0.233. The molecule has 10 heteroatoms. The third-order valence-corrected chi connectivity index (χ3v) is 11.8. The van der Waals surface area contributed by atoms with Crippen molar-refractivity contribution in [1.82, 2.24) is 10.2 Å². The van der Waals surface area contributed by atoms with Gasteiger partial charge >= 0.3 is 18.6 Å². The maximum Gasteiger partial charge on any atom is 2.00 e. The molecule has 0 heterocycles. The molecular formula is C61H129N3O6V. The van der Waals surface area contributed by atoms with Crippen LogP contribution in [0.2, 0.25) is 0 Å². The first kappa shape index (κ1) is 89.2. The maximum atomic E-state index is 11.4. The normalized spacial score (nSPS) is 10.5. The Morgan fingerprint density at radius 2 is 0.789 bits per heavy atom. The van der Waals surface area contributed by atoms with Crippen molar-refractivity contribution in [2.45, 2.75) is 313 Å². The van der Waals surface area contributed by atoms with E-state index < -0.39 is 0 Å². The Labute approximate surface area is 459 Å². The molecule has 1 unspecified atom stereocenters. The van der Waals surface area contributed by atoms with Crippen LogP contribution in [0, 0.1) is 14.9 Å². The van der Waals surface area contributed by atoms with Crippen molar-refractivity contribution >= 4 is 30.6 Å². The van der Waals surface area contributed by atoms with Crippen molar-refractivity contribution < 1.29 is 47.2 Å². The molecule has 1 radical (unpaired) electrons. The molecule has 0 aromatic rings. The Bertz CT molecular complexity index is 916. The summed E-state index contributed by atoms with van der Waals surface area (Å²) in [6, 6.07) is 0. The summed E-state index contributed by atoms with van der Waals surface area (Å²) in [5.41, 5.74) is 0. The van der Waals surface area contributed by atoms with E-state index in [1.165, 1.54) is 167 Å². The van der Waals surface area contributed by atoms with Gasteiger partial charge in [-0.1, -0.05) is 223 Å². The Kier molecular flexibility index (Phi) is 111. The van der Waals surface area contributed by atoms with Gasteiger partial charge in [0.15, 0.2) is 11.6 Å². The number of carbonyl (C=O) groups excluding carboxylic acids is 4. The standard InChI is InChI=1S/C23H41N3O4.C18H38O.C12H26O.3C2H6.2CH3.V/c1-22(30)23(25-21-29)24-15-14-18-26(16-10-6-2-4-8-12-19-27)17-11-7-3-5-9-13-20-28;1-4-6-8-10-12-14-16-18(19-3)17-15-13-11-9-7-5-2;1-4-6-7-8-9-10-11-12(5-2)13-3;3*1-2;;;/h19-21H,2-18H2,1H3,(H,24,25,29);18H,4-17H2,1-3H3;12H,4-11H2,1-3H3;3*1-2H3;2*1H3;/q;;;;;;2*-1;+2. The number of methoxy groups -OCH3 is 2. The van der Waals surface area contributed by atoms with E-state index in [1.54, 1.807) is 0 Å². The number of rotatable bonds is 46. The van der Waals surface area contributed by atoms with E-state index >= 15 is 0 Å². The fourth-order valence-electron chi connectivity index (χ4n) is 7.65. The predicted octanol–water partition coefficient (Wildman–Crippen LogP) is 18.1. The van der Waals surface area contributed by atoms with E-state index in [4.69, 9.17) is 9.47 Å². The van der Waals surface area contributed by atoms with Crippen molar-refractivity contribution in [3.8, 4) is 0 Å². The Morgan fingerprint density at radius 3 is 1.10 bits per heavy atom. The molecule has 0 saturated carbocycles. The Balaban J connectivity index is -0.000000115. The van der Waals surface area contributed by atoms with Crippen LogP contribution < -0.4 is 5.32 Å². The second-order valence-corrected chi connectivity index (χ2v) is 17.5. The molecule has 1 N–H and O–H groups in total. The van der Waals surface area contributed by atoms with Crippen LogP contribution in [0.4, 0.5) is 0 Å². The van der Waals surface area contributed by atoms with E-state index in [1.807, 2.05) is 55.8 Å². The molecule has 1 amide bonds. The van der Waals surface area contributed by atoms with Gasteiger partial charge in [0.05, 0.1) is 12.2 Å². The van der Waals surface area contributed by atoms with Crippen LogP contribution in [0.5, 0.6) is 0 Å². The van der Waals surface area contributed by atoms with E-state index in [-0.39, 0.29) is 45.0 Å². The average Bonchev–Trinajstić information content (AvgIpc) is 3.37. The van der Waals surface area contributed by atoms with E-state index in [2.05, 4.69) is 42.9 Å². The van der Waals surface area contributed by atoms with E-state index in [0.717, 1.165) is 83.6 Å². The van der Waals surface area contributed by atoms with E-state index in [0.29, 0.717) is 38.0 Å². The molecule has 71 heavy (non-hydrogen) atoms. The topological polar surface area (TPSA) is 114 Å². The Hall–Kier alpha value is -1.39. The number of hydrogen-bond acceptors (Lipinski definition) is 8. The second kappa shape index (κ2) is 88.3. The fraction of sp³-hybridized carbons (Fsp3) is 0.885. The monoisotopic (exact) mass is 1050 g/mol. The zero-order chi connectivity index (χ0) is 52.4. The molecule has 1 atom stereocenters. The van der Waals surface area contributed by atoms with Gasteiger partial charge in [0, 0.05) is 40.5 Å². The van der Waals surface area contributed by atoms with Gasteiger partial charge in [0.2, 0.25) is 6.41 Å². The van der Waals surface area contributed by atoms with Crippen molar-refractivity contribution in [3.63, 3.8) is 0 Å². The van der Waals surface area contributed by atoms with E-state index in [9.17, 15) is 19.2 Å². The van der Waals surface area contributed by atoms with Gasteiger partial charge in [0.25, 0.3) is 0 Å². The first-order chi connectivity index (χ1) is 33.3. The van der Waals surface area contributed by atoms with Gasteiger partial charge in [-0.3, -0.25) is 14.6 Å². The molecule has 429 valence electrons. The smallest absolute Gasteiger partial charge is 0.381 e. The first-order valence-electron chi connectivity index (χ1n) is 29.3. The number of aldehydes is 2. The second-order valence-electron chi connectivity index (χ2n) is 17.5. The molecule has 0 spiro atoms. The van der Waals surface area contributed by atoms with Crippen molar-refractivity contribution in [3.05, 3.63) is 14.9 Å². The summed E-state index contributed by atoms with van der Waals surface area (Å²) < 4.78 is 10.9. The van der Waals surface area contributed by atoms with Crippen LogP contribution in [0.1, 0.15) is 301 Å². The molecule has 0 aromatic carbocycles. The van der Waals surface area contributed by atoms with Crippen LogP contribution in [-0.4, -0.2) is 88.1 Å². The molecule has 0 saturated heterocycles. The molecular weight excluding hydrogens is 922 g/mol. The number of amidine groups is 1. The third-order valence-electron chi connectivity index (χ3n) is 11.8. The van der Waals surface area contributed by atoms with Gasteiger partial charge in [-0.15, -0.1) is 0 Å². The van der Waals surface area contributed by atoms with Gasteiger partial charge in [-0.2, -0.15) is 0 Å². The van der Waals surface area contributed by atoms with Crippen molar-refractivity contribution in [1.29, 1.82) is 0 Å². The number of ether oxygens (including phenoxy) is 2. The molecule has 0 aromatic heterocycles. The van der Waals surface area contributed by atoms with Crippen molar-refractivity contribution in [2.24, 2.45) is 4.99 Å². The summed E-state index contributed by atoms with van der Waals surface area (Å²) in [5, 5.41) is 2.36. The minimum Gasteiger partial charge on any atom is -0.381 e. The van der Waals surface area contributed by atoms with Crippen molar-refractivity contribution in [2.75, 3.05) is 40.4 Å². The molecule has 0 aliphatic heterocycles. The largest absolute Gasteiger partial charge is 2.00 e. The zero-order valence-electron chi connectivity index (χ0n) is 50.8. The van der Waals surface area contributed by atoms with Crippen LogP contribution in [-0.2, 0) is 47.2 Å². The Morgan fingerprint density at radius 1 is 0.479 bits per heavy atom. The average molecular weight is 1050 g/mol. The third kappa shape index (κ3) is 82.9. The molecule has 0 bridgehead atoms. The summed E-state index contributed by atoms with van der Waals surface area (Å²) >= 11 is 0. The number of nitrogens with zero attached hydrogens (tertiary/aromatic N) is 2. The predicted molar refractivity (Wildman–Crippen MR) is 314 cm³/mol.